The van der Waals surface area contributed by atoms with Gasteiger partial charge in [0.15, 0.2) is 0 Å². The predicted octanol–water partition coefficient (Wildman–Crippen LogP) is 0.278. The Kier molecular flexibility index (Phi) is 8.12. The van der Waals surface area contributed by atoms with E-state index >= 15 is 0 Å². The minimum absolute atomic E-state index is 0.0481. The van der Waals surface area contributed by atoms with Crippen LogP contribution in [0.25, 0.3) is 0 Å². The molecule has 0 aromatic carbocycles. The summed E-state index contributed by atoms with van der Waals surface area (Å²) in [6, 6.07) is -0.296. The van der Waals surface area contributed by atoms with Crippen molar-refractivity contribution in [2.75, 3.05) is 26.8 Å². The highest BCUT2D eigenvalue weighted by Gasteiger charge is 2.20. The van der Waals surface area contributed by atoms with Crippen molar-refractivity contribution in [2.45, 2.75) is 45.3 Å². The molecule has 0 heterocycles. The summed E-state index contributed by atoms with van der Waals surface area (Å²) in [7, 11) is 1.64. The van der Waals surface area contributed by atoms with E-state index in [-0.39, 0.29) is 11.9 Å². The number of amides is 1. The molecule has 0 saturated heterocycles. The Morgan fingerprint density at radius 1 is 1.53 bits per heavy atom. The third-order valence-corrected chi connectivity index (χ3v) is 2.77. The fourth-order valence-corrected chi connectivity index (χ4v) is 1.17. The first-order valence-electron chi connectivity index (χ1n) is 6.15. The third kappa shape index (κ3) is 8.12. The molecular weight excluding hydrogens is 220 g/mol. The van der Waals surface area contributed by atoms with E-state index in [1.54, 1.807) is 21.0 Å². The smallest absolute Gasteiger partial charge is 0.236 e. The second-order valence-electron chi connectivity index (χ2n) is 4.59. The van der Waals surface area contributed by atoms with Crippen LogP contribution in [0.5, 0.6) is 0 Å². The molecule has 0 radical (unpaired) electrons. The highest BCUT2D eigenvalue weighted by atomic mass is 16.5. The molecule has 5 nitrogen and oxygen atoms in total. The summed E-state index contributed by atoms with van der Waals surface area (Å²) in [5, 5.41) is 15.6. The zero-order chi connectivity index (χ0) is 13.3. The molecule has 0 bridgehead atoms. The van der Waals surface area contributed by atoms with E-state index in [9.17, 15) is 9.90 Å². The molecule has 1 amide bonds. The van der Waals surface area contributed by atoms with Crippen molar-refractivity contribution < 1.29 is 14.6 Å². The van der Waals surface area contributed by atoms with Crippen LogP contribution in [0.3, 0.4) is 0 Å². The minimum atomic E-state index is -0.759. The van der Waals surface area contributed by atoms with Gasteiger partial charge in [0.2, 0.25) is 5.91 Å². The van der Waals surface area contributed by atoms with Crippen LogP contribution in [0, 0.1) is 0 Å². The molecular formula is C12H26N2O3. The lowest BCUT2D eigenvalue weighted by Crippen LogP contribution is -2.48. The maximum absolute atomic E-state index is 11.6. The largest absolute Gasteiger partial charge is 0.389 e. The third-order valence-electron chi connectivity index (χ3n) is 2.77. The average Bonchev–Trinajstić information content (AvgIpc) is 2.31. The van der Waals surface area contributed by atoms with Gasteiger partial charge in [-0.15, -0.1) is 0 Å². The van der Waals surface area contributed by atoms with E-state index in [1.807, 2.05) is 6.92 Å². The Morgan fingerprint density at radius 3 is 2.71 bits per heavy atom. The summed E-state index contributed by atoms with van der Waals surface area (Å²) in [6.45, 7) is 7.13. The molecule has 2 unspecified atom stereocenters. The summed E-state index contributed by atoms with van der Waals surface area (Å²) in [5.74, 6) is -0.0481. The molecule has 0 aliphatic rings. The molecule has 0 spiro atoms. The van der Waals surface area contributed by atoms with Crippen molar-refractivity contribution in [1.29, 1.82) is 0 Å². The maximum Gasteiger partial charge on any atom is 0.236 e. The van der Waals surface area contributed by atoms with E-state index in [4.69, 9.17) is 4.74 Å². The Balaban J connectivity index is 3.74. The number of carbonyl (C=O) groups excluding carboxylic acids is 1. The predicted molar refractivity (Wildman–Crippen MR) is 67.9 cm³/mol. The molecule has 3 N–H and O–H groups in total. The number of carbonyl (C=O) groups is 1. The van der Waals surface area contributed by atoms with Crippen molar-refractivity contribution in [3.05, 3.63) is 0 Å². The van der Waals surface area contributed by atoms with Gasteiger partial charge in [0, 0.05) is 26.8 Å². The van der Waals surface area contributed by atoms with Gasteiger partial charge in [-0.05, 0) is 26.7 Å². The van der Waals surface area contributed by atoms with Crippen LogP contribution in [-0.4, -0.2) is 49.5 Å². The van der Waals surface area contributed by atoms with Gasteiger partial charge >= 0.3 is 0 Å². The van der Waals surface area contributed by atoms with Crippen LogP contribution in [0.1, 0.15) is 33.6 Å². The number of hydrogen-bond acceptors (Lipinski definition) is 4. The highest BCUT2D eigenvalue weighted by molar-refractivity contribution is 5.81. The van der Waals surface area contributed by atoms with Gasteiger partial charge in [0.25, 0.3) is 0 Å². The van der Waals surface area contributed by atoms with Gasteiger partial charge in [0.1, 0.15) is 0 Å². The summed E-state index contributed by atoms with van der Waals surface area (Å²) < 4.78 is 4.89. The first-order valence-corrected chi connectivity index (χ1v) is 6.15. The molecule has 0 rings (SSSR count). The average molecular weight is 246 g/mol. The monoisotopic (exact) mass is 246 g/mol. The second-order valence-corrected chi connectivity index (χ2v) is 4.59. The highest BCUT2D eigenvalue weighted by Crippen LogP contribution is 2.06. The van der Waals surface area contributed by atoms with Gasteiger partial charge in [0.05, 0.1) is 11.6 Å². The fourth-order valence-electron chi connectivity index (χ4n) is 1.17. The van der Waals surface area contributed by atoms with Crippen molar-refractivity contribution in [3.8, 4) is 0 Å². The van der Waals surface area contributed by atoms with Gasteiger partial charge in [-0.25, -0.2) is 0 Å². The molecule has 5 heteroatoms. The zero-order valence-corrected chi connectivity index (χ0v) is 11.4. The SMILES string of the molecule is CCC(C)(O)CNC(C)C(=O)NCCCOC. The Labute approximate surface area is 104 Å². The van der Waals surface area contributed by atoms with E-state index in [2.05, 4.69) is 10.6 Å². The maximum atomic E-state index is 11.6. The molecule has 102 valence electrons. The zero-order valence-electron chi connectivity index (χ0n) is 11.4. The molecule has 0 fully saturated rings. The standard InChI is InChI=1S/C12H26N2O3/c1-5-12(3,16)9-14-10(2)11(15)13-7-6-8-17-4/h10,14,16H,5-9H2,1-4H3,(H,13,15). The normalized spacial score (nSPS) is 16.3. The summed E-state index contributed by atoms with van der Waals surface area (Å²) in [6.07, 6.45) is 1.46. The van der Waals surface area contributed by atoms with Crippen molar-refractivity contribution in [2.24, 2.45) is 0 Å². The van der Waals surface area contributed by atoms with E-state index in [0.717, 1.165) is 6.42 Å². The van der Waals surface area contributed by atoms with Crippen LogP contribution < -0.4 is 10.6 Å². The number of nitrogens with one attached hydrogen (secondary N) is 2. The summed E-state index contributed by atoms with van der Waals surface area (Å²) >= 11 is 0. The summed E-state index contributed by atoms with van der Waals surface area (Å²) in [4.78, 5) is 11.6. The fraction of sp³-hybridized carbons (Fsp3) is 0.917. The molecule has 2 atom stereocenters. The second kappa shape index (κ2) is 8.44. The first kappa shape index (κ1) is 16.4. The Bertz CT molecular complexity index is 220. The van der Waals surface area contributed by atoms with Crippen molar-refractivity contribution in [3.63, 3.8) is 0 Å². The molecule has 0 saturated carbocycles. The lowest BCUT2D eigenvalue weighted by molar-refractivity contribution is -0.123. The Hall–Kier alpha value is -0.650. The number of methoxy groups -OCH3 is 1. The summed E-state index contributed by atoms with van der Waals surface area (Å²) in [5.41, 5.74) is -0.759. The van der Waals surface area contributed by atoms with Crippen molar-refractivity contribution in [1.82, 2.24) is 10.6 Å². The Morgan fingerprint density at radius 2 is 2.18 bits per heavy atom. The van der Waals surface area contributed by atoms with Gasteiger partial charge < -0.3 is 20.5 Å². The first-order chi connectivity index (χ1) is 7.93. The van der Waals surface area contributed by atoms with Crippen molar-refractivity contribution >= 4 is 5.91 Å². The molecule has 0 aromatic rings. The number of rotatable bonds is 9. The molecule has 0 aliphatic carbocycles. The topological polar surface area (TPSA) is 70.6 Å². The van der Waals surface area contributed by atoms with Gasteiger partial charge in [-0.2, -0.15) is 0 Å². The van der Waals surface area contributed by atoms with Crippen LogP contribution in [0.4, 0.5) is 0 Å². The van der Waals surface area contributed by atoms with E-state index in [0.29, 0.717) is 26.1 Å². The lowest BCUT2D eigenvalue weighted by atomic mass is 10.0. The van der Waals surface area contributed by atoms with E-state index < -0.39 is 5.60 Å². The number of hydrogen-bond donors (Lipinski definition) is 3. The van der Waals surface area contributed by atoms with Crippen LogP contribution in [-0.2, 0) is 9.53 Å². The van der Waals surface area contributed by atoms with E-state index in [1.165, 1.54) is 0 Å². The molecule has 17 heavy (non-hydrogen) atoms. The number of ether oxygens (including phenoxy) is 1. The lowest BCUT2D eigenvalue weighted by Gasteiger charge is -2.24. The molecule has 0 aromatic heterocycles. The van der Waals surface area contributed by atoms with Crippen LogP contribution in [0.15, 0.2) is 0 Å². The minimum Gasteiger partial charge on any atom is -0.389 e. The number of aliphatic hydroxyl groups is 1. The molecule has 0 aliphatic heterocycles. The van der Waals surface area contributed by atoms with Gasteiger partial charge in [-0.3, -0.25) is 4.79 Å². The van der Waals surface area contributed by atoms with Gasteiger partial charge in [-0.1, -0.05) is 6.92 Å². The van der Waals surface area contributed by atoms with Crippen LogP contribution >= 0.6 is 0 Å². The van der Waals surface area contributed by atoms with Crippen LogP contribution in [0.2, 0.25) is 0 Å². The quantitative estimate of drug-likeness (QED) is 0.511.